The largest absolute Gasteiger partial charge is 1.00 e. The van der Waals surface area contributed by atoms with Gasteiger partial charge in [0, 0.05) is 19.3 Å². The maximum atomic E-state index is 12.6. The fourth-order valence-corrected chi connectivity index (χ4v) is 3.41. The summed E-state index contributed by atoms with van der Waals surface area (Å²) >= 11 is 0. The predicted molar refractivity (Wildman–Crippen MR) is 121 cm³/mol. The second-order valence-corrected chi connectivity index (χ2v) is 8.65. The Morgan fingerprint density at radius 3 is 1.97 bits per heavy atom. The summed E-state index contributed by atoms with van der Waals surface area (Å²) in [5, 5.41) is 58.8. The van der Waals surface area contributed by atoms with E-state index in [1.54, 1.807) is 30.3 Å². The fraction of sp³-hybridized carbons (Fsp3) is 0.565. The van der Waals surface area contributed by atoms with Crippen LogP contribution in [0, 0.1) is 5.92 Å². The molecule has 0 heterocycles. The molecule has 12 nitrogen and oxygen atoms in total. The van der Waals surface area contributed by atoms with Gasteiger partial charge in [-0.3, -0.25) is 14.4 Å². The van der Waals surface area contributed by atoms with E-state index < -0.39 is 73.2 Å². The van der Waals surface area contributed by atoms with Crippen LogP contribution in [-0.4, -0.2) is 81.1 Å². The van der Waals surface area contributed by atoms with Gasteiger partial charge < -0.3 is 46.3 Å². The van der Waals surface area contributed by atoms with Crippen molar-refractivity contribution in [3.05, 3.63) is 35.9 Å². The molecule has 0 aliphatic carbocycles. The quantitative estimate of drug-likeness (QED) is 0.117. The van der Waals surface area contributed by atoms with Gasteiger partial charge in [0.05, 0.1) is 18.7 Å². The molecule has 0 unspecified atom stereocenters. The van der Waals surface area contributed by atoms with Gasteiger partial charge in [-0.1, -0.05) is 44.2 Å². The van der Waals surface area contributed by atoms with Crippen LogP contribution < -0.4 is 50.6 Å². The molecule has 0 aliphatic rings. The summed E-state index contributed by atoms with van der Waals surface area (Å²) in [6.45, 7) is 4.01. The molecule has 13 heteroatoms. The molecule has 0 radical (unpaired) electrons. The maximum Gasteiger partial charge on any atom is 1.00 e. The molecular formula is C23H34N3NaO9. The molecule has 6 atom stereocenters. The van der Waals surface area contributed by atoms with Crippen LogP contribution in [0.5, 0.6) is 0 Å². The number of aliphatic hydroxyl groups excluding tert-OH is 4. The molecule has 196 valence electrons. The van der Waals surface area contributed by atoms with Gasteiger partial charge >= 0.3 is 29.6 Å². The normalized spacial score (nSPS) is 15.9. The molecule has 0 spiro atoms. The topological polar surface area (TPSA) is 208 Å². The van der Waals surface area contributed by atoms with E-state index in [1.165, 1.54) is 6.92 Å². The van der Waals surface area contributed by atoms with Gasteiger partial charge in [0.15, 0.2) is 6.10 Å². The number of hydrogen-bond donors (Lipinski definition) is 7. The molecule has 3 amide bonds. The number of carboxylic acids is 1. The van der Waals surface area contributed by atoms with Crippen molar-refractivity contribution in [1.82, 2.24) is 16.0 Å². The predicted octanol–water partition coefficient (Wildman–Crippen LogP) is -5.90. The molecule has 1 aromatic rings. The molecule has 0 saturated heterocycles. The van der Waals surface area contributed by atoms with Crippen LogP contribution in [0.15, 0.2) is 30.3 Å². The van der Waals surface area contributed by atoms with Crippen molar-refractivity contribution in [2.24, 2.45) is 5.92 Å². The van der Waals surface area contributed by atoms with Crippen molar-refractivity contribution in [1.29, 1.82) is 0 Å². The Morgan fingerprint density at radius 2 is 1.50 bits per heavy atom. The van der Waals surface area contributed by atoms with E-state index in [4.69, 9.17) is 0 Å². The molecule has 0 fully saturated rings. The van der Waals surface area contributed by atoms with Crippen LogP contribution in [-0.2, 0) is 19.2 Å². The van der Waals surface area contributed by atoms with Crippen LogP contribution in [0.1, 0.15) is 45.2 Å². The first kappa shape index (κ1) is 33.9. The summed E-state index contributed by atoms with van der Waals surface area (Å²) in [6, 6.07) is 4.44. The van der Waals surface area contributed by atoms with Gasteiger partial charge in [0.2, 0.25) is 11.8 Å². The summed E-state index contributed by atoms with van der Waals surface area (Å²) in [4.78, 5) is 47.6. The van der Waals surface area contributed by atoms with Gasteiger partial charge in [-0.25, -0.2) is 0 Å². The minimum atomic E-state index is -2.23. The van der Waals surface area contributed by atoms with E-state index in [9.17, 15) is 44.7 Å². The average molecular weight is 520 g/mol. The fourth-order valence-electron chi connectivity index (χ4n) is 3.41. The molecule has 0 saturated carbocycles. The third-order valence-corrected chi connectivity index (χ3v) is 5.17. The van der Waals surface area contributed by atoms with Gasteiger partial charge in [0.25, 0.3) is 5.91 Å². The van der Waals surface area contributed by atoms with Crippen LogP contribution in [0.25, 0.3) is 0 Å². The summed E-state index contributed by atoms with van der Waals surface area (Å²) in [5.74, 6) is -3.84. The molecule has 1 aromatic carbocycles. The Bertz CT molecular complexity index is 856. The van der Waals surface area contributed by atoms with Crippen LogP contribution in [0.2, 0.25) is 0 Å². The number of carbonyl (C=O) groups excluding carboxylic acids is 4. The van der Waals surface area contributed by atoms with Crippen molar-refractivity contribution in [3.8, 4) is 0 Å². The molecule has 36 heavy (non-hydrogen) atoms. The Hall–Kier alpha value is -2.06. The third-order valence-electron chi connectivity index (χ3n) is 5.17. The number of carboxylic acid groups (broad SMARTS) is 1. The van der Waals surface area contributed by atoms with Crippen LogP contribution >= 0.6 is 0 Å². The van der Waals surface area contributed by atoms with E-state index in [-0.39, 0.29) is 41.9 Å². The summed E-state index contributed by atoms with van der Waals surface area (Å²) in [6.07, 6.45) is -6.73. The van der Waals surface area contributed by atoms with Crippen molar-refractivity contribution < 1.29 is 74.3 Å². The maximum absolute atomic E-state index is 12.6. The molecule has 0 bridgehead atoms. The zero-order valence-electron chi connectivity index (χ0n) is 20.9. The van der Waals surface area contributed by atoms with E-state index >= 15 is 0 Å². The molecular weight excluding hydrogens is 485 g/mol. The number of rotatable bonds is 14. The third kappa shape index (κ3) is 11.3. The first-order valence-corrected chi connectivity index (χ1v) is 11.1. The average Bonchev–Trinajstić information content (AvgIpc) is 2.79. The van der Waals surface area contributed by atoms with Crippen molar-refractivity contribution >= 4 is 23.7 Å². The monoisotopic (exact) mass is 519 g/mol. The first-order chi connectivity index (χ1) is 16.4. The molecule has 7 N–H and O–H groups in total. The van der Waals surface area contributed by atoms with Crippen molar-refractivity contribution in [2.45, 2.75) is 70.1 Å². The Labute approximate surface area is 231 Å². The second-order valence-electron chi connectivity index (χ2n) is 8.65. The van der Waals surface area contributed by atoms with E-state index in [2.05, 4.69) is 16.0 Å². The standard InChI is InChI=1S/C23H35N3O9.Na/c1-12(2)9-16(24-13(3)28)22(34)26-17(11-27)19(31)20(32)21(33)23(35)25-15(10-18(29)30)14-7-5-4-6-8-14;/h4-8,12,15-17,19-21,27,31-33H,9-11H2,1-3H3,(H,24,28)(H,25,35)(H,26,34)(H,29,30);/q;+1/p-1/t15-,16-,17-,19+,20+,21-;/m0./s1. The number of amides is 3. The van der Waals surface area contributed by atoms with E-state index in [1.807, 2.05) is 13.8 Å². The van der Waals surface area contributed by atoms with Crippen molar-refractivity contribution in [2.75, 3.05) is 6.61 Å². The van der Waals surface area contributed by atoms with Crippen LogP contribution in [0.3, 0.4) is 0 Å². The number of hydrogen-bond acceptors (Lipinski definition) is 9. The zero-order valence-corrected chi connectivity index (χ0v) is 22.9. The molecule has 1 rings (SSSR count). The van der Waals surface area contributed by atoms with E-state index in [0.29, 0.717) is 5.56 Å². The van der Waals surface area contributed by atoms with Gasteiger partial charge in [-0.15, -0.1) is 0 Å². The SMILES string of the molecule is CC(=O)N[C@@H](CC(C)C)C(=O)N[C@@H](CO)[C@@H](O)[C@@H](O)[C@H](O)C(=O)N[C@@H](CC(=O)[O-])c1ccccc1.[Na+]. The number of carbonyl (C=O) groups is 4. The smallest absolute Gasteiger partial charge is 0.550 e. The second kappa shape index (κ2) is 16.6. The molecule has 0 aromatic heterocycles. The van der Waals surface area contributed by atoms with Crippen molar-refractivity contribution in [3.63, 3.8) is 0 Å². The Kier molecular flexibility index (Phi) is 15.7. The Morgan fingerprint density at radius 1 is 0.917 bits per heavy atom. The number of aliphatic hydroxyl groups is 4. The number of benzene rings is 1. The summed E-state index contributed by atoms with van der Waals surface area (Å²) in [5.41, 5.74) is 0.405. The minimum Gasteiger partial charge on any atom is -0.550 e. The minimum absolute atomic E-state index is 0. The number of aliphatic carboxylic acids is 1. The summed E-state index contributed by atoms with van der Waals surface area (Å²) < 4.78 is 0. The zero-order chi connectivity index (χ0) is 26.7. The summed E-state index contributed by atoms with van der Waals surface area (Å²) in [7, 11) is 0. The van der Waals surface area contributed by atoms with Gasteiger partial charge in [-0.2, -0.15) is 0 Å². The Balaban J connectivity index is 0.0000122. The van der Waals surface area contributed by atoms with Crippen LogP contribution in [0.4, 0.5) is 0 Å². The van der Waals surface area contributed by atoms with Gasteiger partial charge in [0.1, 0.15) is 18.2 Å². The molecule has 0 aliphatic heterocycles. The first-order valence-electron chi connectivity index (χ1n) is 11.1. The van der Waals surface area contributed by atoms with E-state index in [0.717, 1.165) is 0 Å². The van der Waals surface area contributed by atoms with Gasteiger partial charge in [-0.05, 0) is 17.9 Å². The number of nitrogens with one attached hydrogen (secondary N) is 3.